The van der Waals surface area contributed by atoms with Gasteiger partial charge >= 0.3 is 0 Å². The van der Waals surface area contributed by atoms with E-state index in [0.29, 0.717) is 17.1 Å². The minimum atomic E-state index is -0.451. The Morgan fingerprint density at radius 2 is 2.19 bits per heavy atom. The standard InChI is InChI=1S/C11H13BrN2O2/c1-5(2)9-11(15)14-8-4-6(13)3-7(12)10(8)16-9/h3-5,9H,13H2,1-2H3,(H,14,15). The molecule has 2 rings (SSSR count). The number of hydrogen-bond acceptors (Lipinski definition) is 3. The lowest BCUT2D eigenvalue weighted by Gasteiger charge is -2.29. The van der Waals surface area contributed by atoms with E-state index in [1.165, 1.54) is 0 Å². The monoisotopic (exact) mass is 284 g/mol. The Morgan fingerprint density at radius 1 is 1.50 bits per heavy atom. The molecule has 0 saturated carbocycles. The largest absolute Gasteiger partial charge is 0.477 e. The third kappa shape index (κ3) is 1.87. The summed E-state index contributed by atoms with van der Waals surface area (Å²) in [5, 5.41) is 2.80. The molecule has 1 aromatic carbocycles. The molecule has 1 aliphatic rings. The highest BCUT2D eigenvalue weighted by atomic mass is 79.9. The molecule has 5 heteroatoms. The normalized spacial score (nSPS) is 19.0. The molecule has 0 fully saturated rings. The van der Waals surface area contributed by atoms with Gasteiger partial charge in [0.1, 0.15) is 0 Å². The maximum Gasteiger partial charge on any atom is 0.265 e. The van der Waals surface area contributed by atoms with Gasteiger partial charge in [0.25, 0.3) is 5.91 Å². The molecule has 1 aromatic rings. The highest BCUT2D eigenvalue weighted by molar-refractivity contribution is 9.10. The van der Waals surface area contributed by atoms with E-state index < -0.39 is 6.10 Å². The number of nitrogens with two attached hydrogens (primary N) is 1. The van der Waals surface area contributed by atoms with Gasteiger partial charge in [0.2, 0.25) is 0 Å². The fourth-order valence-electron chi connectivity index (χ4n) is 1.65. The predicted octanol–water partition coefficient (Wildman–Crippen LogP) is 2.39. The van der Waals surface area contributed by atoms with Gasteiger partial charge in [-0.15, -0.1) is 0 Å². The molecular formula is C11H13BrN2O2. The fraction of sp³-hybridized carbons (Fsp3) is 0.364. The highest BCUT2D eigenvalue weighted by Crippen LogP contribution is 2.39. The van der Waals surface area contributed by atoms with Crippen molar-refractivity contribution in [2.45, 2.75) is 20.0 Å². The van der Waals surface area contributed by atoms with Crippen molar-refractivity contribution in [1.82, 2.24) is 0 Å². The molecule has 1 heterocycles. The van der Waals surface area contributed by atoms with Crippen LogP contribution in [0.1, 0.15) is 13.8 Å². The van der Waals surface area contributed by atoms with Crippen LogP contribution in [-0.2, 0) is 4.79 Å². The molecule has 1 atom stereocenters. The van der Waals surface area contributed by atoms with E-state index in [4.69, 9.17) is 10.5 Å². The number of amides is 1. The molecule has 0 aromatic heterocycles. The quantitative estimate of drug-likeness (QED) is 0.779. The summed E-state index contributed by atoms with van der Waals surface area (Å²) in [7, 11) is 0. The Labute approximate surface area is 102 Å². The minimum absolute atomic E-state index is 0.123. The van der Waals surface area contributed by atoms with Crippen LogP contribution in [0.5, 0.6) is 5.75 Å². The molecule has 0 aliphatic carbocycles. The first kappa shape index (κ1) is 11.3. The number of hydrogen-bond donors (Lipinski definition) is 2. The fourth-order valence-corrected chi connectivity index (χ4v) is 2.22. The zero-order valence-electron chi connectivity index (χ0n) is 9.08. The average molecular weight is 285 g/mol. The van der Waals surface area contributed by atoms with Gasteiger partial charge in [-0.1, -0.05) is 13.8 Å². The second-order valence-corrected chi connectivity index (χ2v) is 5.01. The molecular weight excluding hydrogens is 272 g/mol. The topological polar surface area (TPSA) is 64.3 Å². The number of anilines is 2. The van der Waals surface area contributed by atoms with Gasteiger partial charge in [-0.25, -0.2) is 0 Å². The molecule has 1 unspecified atom stereocenters. The van der Waals surface area contributed by atoms with Gasteiger partial charge in [0.05, 0.1) is 10.2 Å². The summed E-state index contributed by atoms with van der Waals surface area (Å²) in [5.74, 6) is 0.644. The van der Waals surface area contributed by atoms with E-state index in [1.54, 1.807) is 12.1 Å². The minimum Gasteiger partial charge on any atom is -0.477 e. The van der Waals surface area contributed by atoms with Crippen molar-refractivity contribution in [3.05, 3.63) is 16.6 Å². The van der Waals surface area contributed by atoms with Crippen molar-refractivity contribution < 1.29 is 9.53 Å². The lowest BCUT2D eigenvalue weighted by molar-refractivity contribution is -0.125. The van der Waals surface area contributed by atoms with Crippen molar-refractivity contribution in [2.75, 3.05) is 11.1 Å². The first-order valence-corrected chi connectivity index (χ1v) is 5.85. The van der Waals surface area contributed by atoms with Crippen LogP contribution in [0.25, 0.3) is 0 Å². The Balaban J connectivity index is 2.43. The second kappa shape index (κ2) is 3.97. The predicted molar refractivity (Wildman–Crippen MR) is 66.4 cm³/mol. The number of benzene rings is 1. The molecule has 16 heavy (non-hydrogen) atoms. The van der Waals surface area contributed by atoms with Crippen molar-refractivity contribution >= 4 is 33.2 Å². The van der Waals surface area contributed by atoms with Crippen LogP contribution in [0.3, 0.4) is 0 Å². The molecule has 86 valence electrons. The van der Waals surface area contributed by atoms with E-state index in [-0.39, 0.29) is 11.8 Å². The summed E-state index contributed by atoms with van der Waals surface area (Å²) in [6.45, 7) is 3.89. The smallest absolute Gasteiger partial charge is 0.265 e. The molecule has 0 saturated heterocycles. The summed E-state index contributed by atoms with van der Waals surface area (Å²) in [6, 6.07) is 3.45. The summed E-state index contributed by atoms with van der Waals surface area (Å²) < 4.78 is 6.43. The van der Waals surface area contributed by atoms with Gasteiger partial charge in [-0.2, -0.15) is 0 Å². The van der Waals surface area contributed by atoms with Crippen molar-refractivity contribution in [1.29, 1.82) is 0 Å². The first-order chi connectivity index (χ1) is 7.49. The van der Waals surface area contributed by atoms with Crippen LogP contribution in [0, 0.1) is 5.92 Å². The molecule has 4 nitrogen and oxygen atoms in total. The van der Waals surface area contributed by atoms with Gasteiger partial charge in [-0.3, -0.25) is 4.79 Å². The van der Waals surface area contributed by atoms with Crippen LogP contribution in [0.2, 0.25) is 0 Å². The average Bonchev–Trinajstić information content (AvgIpc) is 2.15. The van der Waals surface area contributed by atoms with E-state index >= 15 is 0 Å². The Hall–Kier alpha value is -1.23. The first-order valence-electron chi connectivity index (χ1n) is 5.05. The lowest BCUT2D eigenvalue weighted by atomic mass is 10.0. The molecule has 0 spiro atoms. The Bertz CT molecular complexity index is 446. The molecule has 0 bridgehead atoms. The highest BCUT2D eigenvalue weighted by Gasteiger charge is 2.31. The Kier molecular flexibility index (Phi) is 2.80. The lowest BCUT2D eigenvalue weighted by Crippen LogP contribution is -2.40. The van der Waals surface area contributed by atoms with Crippen molar-refractivity contribution in [3.63, 3.8) is 0 Å². The third-order valence-corrected chi connectivity index (χ3v) is 3.02. The number of carbonyl (C=O) groups excluding carboxylic acids is 1. The third-order valence-electron chi connectivity index (χ3n) is 2.43. The van der Waals surface area contributed by atoms with Gasteiger partial charge < -0.3 is 15.8 Å². The van der Waals surface area contributed by atoms with Crippen LogP contribution in [-0.4, -0.2) is 12.0 Å². The zero-order chi connectivity index (χ0) is 11.9. The number of nitrogens with one attached hydrogen (secondary N) is 1. The maximum atomic E-state index is 11.7. The summed E-state index contributed by atoms with van der Waals surface area (Å²) in [5.41, 5.74) is 6.89. The molecule has 0 radical (unpaired) electrons. The summed E-state index contributed by atoms with van der Waals surface area (Å²) in [6.07, 6.45) is -0.451. The zero-order valence-corrected chi connectivity index (χ0v) is 10.7. The number of fused-ring (bicyclic) bond motifs is 1. The van der Waals surface area contributed by atoms with Crippen molar-refractivity contribution in [2.24, 2.45) is 5.92 Å². The van der Waals surface area contributed by atoms with Crippen LogP contribution < -0.4 is 15.8 Å². The van der Waals surface area contributed by atoms with Crippen LogP contribution >= 0.6 is 15.9 Å². The SMILES string of the molecule is CC(C)C1Oc2c(Br)cc(N)cc2NC1=O. The van der Waals surface area contributed by atoms with Crippen LogP contribution in [0.4, 0.5) is 11.4 Å². The van der Waals surface area contributed by atoms with E-state index in [9.17, 15) is 4.79 Å². The number of carbonyl (C=O) groups is 1. The van der Waals surface area contributed by atoms with E-state index in [0.717, 1.165) is 4.47 Å². The van der Waals surface area contributed by atoms with E-state index in [1.807, 2.05) is 13.8 Å². The number of nitrogen functional groups attached to an aromatic ring is 1. The van der Waals surface area contributed by atoms with Crippen molar-refractivity contribution in [3.8, 4) is 5.75 Å². The number of rotatable bonds is 1. The molecule has 1 aliphatic heterocycles. The second-order valence-electron chi connectivity index (χ2n) is 4.15. The van der Waals surface area contributed by atoms with E-state index in [2.05, 4.69) is 21.2 Å². The van der Waals surface area contributed by atoms with Crippen LogP contribution in [0.15, 0.2) is 16.6 Å². The number of ether oxygens (including phenoxy) is 1. The summed E-state index contributed by atoms with van der Waals surface area (Å²) in [4.78, 5) is 11.7. The van der Waals surface area contributed by atoms with Gasteiger partial charge in [0, 0.05) is 5.69 Å². The van der Waals surface area contributed by atoms with Gasteiger partial charge in [0.15, 0.2) is 11.9 Å². The number of halogens is 1. The summed E-state index contributed by atoms with van der Waals surface area (Å²) >= 11 is 3.37. The molecule has 3 N–H and O–H groups in total. The Morgan fingerprint density at radius 3 is 2.81 bits per heavy atom. The van der Waals surface area contributed by atoms with Gasteiger partial charge in [-0.05, 0) is 34.0 Å². The molecule has 1 amide bonds. The maximum absolute atomic E-state index is 11.7.